The van der Waals surface area contributed by atoms with Crippen molar-refractivity contribution in [3.63, 3.8) is 0 Å². The van der Waals surface area contributed by atoms with Crippen LogP contribution in [0.4, 0.5) is 5.69 Å². The van der Waals surface area contributed by atoms with Crippen LogP contribution in [0.3, 0.4) is 0 Å². The number of primary sulfonamides is 1. The number of sulfonamides is 1. The molecule has 110 valence electrons. The predicted octanol–water partition coefficient (Wildman–Crippen LogP) is 2.22. The Balaban J connectivity index is 1.84. The lowest BCUT2D eigenvalue weighted by atomic mass is 10.1. The fourth-order valence-corrected chi connectivity index (χ4v) is 3.35. The van der Waals surface area contributed by atoms with E-state index in [0.717, 1.165) is 24.1 Å². The number of nitrogens with two attached hydrogens (primary N) is 1. The van der Waals surface area contributed by atoms with E-state index in [-0.39, 0.29) is 10.9 Å². The second-order valence-electron chi connectivity index (χ2n) is 5.54. The van der Waals surface area contributed by atoms with Crippen molar-refractivity contribution in [1.29, 1.82) is 0 Å². The van der Waals surface area contributed by atoms with Crippen molar-refractivity contribution < 1.29 is 8.42 Å². The third kappa shape index (κ3) is 2.94. The minimum Gasteiger partial charge on any atom is -0.381 e. The zero-order valence-electron chi connectivity index (χ0n) is 11.8. The van der Waals surface area contributed by atoms with Gasteiger partial charge in [-0.05, 0) is 48.6 Å². The number of hydrogen-bond donors (Lipinski definition) is 2. The molecule has 3 N–H and O–H groups in total. The van der Waals surface area contributed by atoms with Crippen molar-refractivity contribution in [2.45, 2.75) is 30.7 Å². The van der Waals surface area contributed by atoms with Crippen LogP contribution in [0.5, 0.6) is 0 Å². The Hall–Kier alpha value is -1.85. The van der Waals surface area contributed by atoms with E-state index >= 15 is 0 Å². The van der Waals surface area contributed by atoms with Gasteiger partial charge in [-0.15, -0.1) is 0 Å². The molecule has 0 spiro atoms. The van der Waals surface area contributed by atoms with E-state index in [0.29, 0.717) is 0 Å². The van der Waals surface area contributed by atoms with Crippen molar-refractivity contribution in [1.82, 2.24) is 0 Å². The number of benzene rings is 2. The van der Waals surface area contributed by atoms with Gasteiger partial charge in [-0.1, -0.05) is 30.3 Å². The van der Waals surface area contributed by atoms with E-state index < -0.39 is 10.0 Å². The lowest BCUT2D eigenvalue weighted by molar-refractivity contribution is 0.598. The minimum absolute atomic E-state index is 0.145. The first-order valence-corrected chi connectivity index (χ1v) is 8.45. The number of fused-ring (bicyclic) bond motifs is 1. The summed E-state index contributed by atoms with van der Waals surface area (Å²) in [7, 11) is -3.67. The van der Waals surface area contributed by atoms with Gasteiger partial charge in [0.15, 0.2) is 0 Å². The molecule has 0 radical (unpaired) electrons. The lowest BCUT2D eigenvalue weighted by Crippen LogP contribution is -2.20. The summed E-state index contributed by atoms with van der Waals surface area (Å²) in [6.07, 6.45) is 1.91. The topological polar surface area (TPSA) is 72.2 Å². The SMILES string of the molecule is Cc1ccc(S(N)(=O)=O)cc1NC1Cc2ccccc2C1. The zero-order chi connectivity index (χ0) is 15.0. The molecule has 0 saturated carbocycles. The molecule has 0 aromatic heterocycles. The van der Waals surface area contributed by atoms with Crippen LogP contribution in [0.15, 0.2) is 47.4 Å². The highest BCUT2D eigenvalue weighted by molar-refractivity contribution is 7.89. The summed E-state index contributed by atoms with van der Waals surface area (Å²) in [6, 6.07) is 13.6. The second-order valence-corrected chi connectivity index (χ2v) is 7.10. The minimum atomic E-state index is -3.67. The predicted molar refractivity (Wildman–Crippen MR) is 83.8 cm³/mol. The molecular formula is C16H18N2O2S. The van der Waals surface area contributed by atoms with Gasteiger partial charge in [0.2, 0.25) is 10.0 Å². The van der Waals surface area contributed by atoms with Gasteiger partial charge in [0, 0.05) is 11.7 Å². The van der Waals surface area contributed by atoms with Gasteiger partial charge in [-0.2, -0.15) is 0 Å². The van der Waals surface area contributed by atoms with Crippen LogP contribution in [0.25, 0.3) is 0 Å². The zero-order valence-corrected chi connectivity index (χ0v) is 12.7. The van der Waals surface area contributed by atoms with Crippen molar-refractivity contribution >= 4 is 15.7 Å². The molecule has 0 aliphatic heterocycles. The first-order chi connectivity index (χ1) is 9.93. The Labute approximate surface area is 125 Å². The molecule has 5 heteroatoms. The van der Waals surface area contributed by atoms with Crippen LogP contribution in [0.1, 0.15) is 16.7 Å². The summed E-state index contributed by atoms with van der Waals surface area (Å²) in [5.41, 5.74) is 4.56. The third-order valence-electron chi connectivity index (χ3n) is 3.95. The van der Waals surface area contributed by atoms with Crippen molar-refractivity contribution in [2.75, 3.05) is 5.32 Å². The van der Waals surface area contributed by atoms with Gasteiger partial charge in [0.05, 0.1) is 4.90 Å². The Morgan fingerprint density at radius 3 is 2.29 bits per heavy atom. The fraction of sp³-hybridized carbons (Fsp3) is 0.250. The van der Waals surface area contributed by atoms with Gasteiger partial charge < -0.3 is 5.32 Å². The van der Waals surface area contributed by atoms with E-state index in [1.54, 1.807) is 18.2 Å². The molecule has 0 amide bonds. The maximum atomic E-state index is 11.5. The number of hydrogen-bond acceptors (Lipinski definition) is 3. The largest absolute Gasteiger partial charge is 0.381 e. The average molecular weight is 302 g/mol. The normalized spacial score (nSPS) is 15.0. The van der Waals surface area contributed by atoms with Crippen LogP contribution >= 0.6 is 0 Å². The summed E-state index contributed by atoms with van der Waals surface area (Å²) < 4.78 is 22.9. The first-order valence-electron chi connectivity index (χ1n) is 6.90. The summed E-state index contributed by atoms with van der Waals surface area (Å²) >= 11 is 0. The summed E-state index contributed by atoms with van der Waals surface area (Å²) in [5, 5.41) is 8.65. The van der Waals surface area contributed by atoms with Crippen LogP contribution < -0.4 is 10.5 Å². The van der Waals surface area contributed by atoms with Gasteiger partial charge in [-0.25, -0.2) is 13.6 Å². The molecule has 0 bridgehead atoms. The molecule has 0 fully saturated rings. The molecule has 0 unspecified atom stereocenters. The number of aryl methyl sites for hydroxylation is 1. The molecule has 4 nitrogen and oxygen atoms in total. The Kier molecular flexibility index (Phi) is 3.47. The number of rotatable bonds is 3. The van der Waals surface area contributed by atoms with Gasteiger partial charge in [-0.3, -0.25) is 0 Å². The smallest absolute Gasteiger partial charge is 0.238 e. The molecular weight excluding hydrogens is 284 g/mol. The Morgan fingerprint density at radius 2 is 1.71 bits per heavy atom. The fourth-order valence-electron chi connectivity index (χ4n) is 2.81. The Morgan fingerprint density at radius 1 is 1.10 bits per heavy atom. The second kappa shape index (κ2) is 5.16. The van der Waals surface area contributed by atoms with Crippen molar-refractivity contribution in [2.24, 2.45) is 5.14 Å². The summed E-state index contributed by atoms with van der Waals surface area (Å²) in [5.74, 6) is 0. The summed E-state index contributed by atoms with van der Waals surface area (Å²) in [6.45, 7) is 1.96. The van der Waals surface area contributed by atoms with E-state index in [4.69, 9.17) is 5.14 Å². The number of nitrogens with one attached hydrogen (secondary N) is 1. The molecule has 1 aliphatic rings. The quantitative estimate of drug-likeness (QED) is 0.913. The number of anilines is 1. The maximum Gasteiger partial charge on any atom is 0.238 e. The van der Waals surface area contributed by atoms with Crippen LogP contribution in [0, 0.1) is 6.92 Å². The molecule has 3 rings (SSSR count). The average Bonchev–Trinajstić information content (AvgIpc) is 2.82. The molecule has 2 aromatic rings. The lowest BCUT2D eigenvalue weighted by Gasteiger charge is -2.16. The van der Waals surface area contributed by atoms with E-state index in [2.05, 4.69) is 17.4 Å². The molecule has 0 atom stereocenters. The molecule has 2 aromatic carbocycles. The highest BCUT2D eigenvalue weighted by Gasteiger charge is 2.21. The van der Waals surface area contributed by atoms with Crippen LogP contribution in [-0.4, -0.2) is 14.5 Å². The maximum absolute atomic E-state index is 11.5. The van der Waals surface area contributed by atoms with Crippen LogP contribution in [0.2, 0.25) is 0 Å². The standard InChI is InChI=1S/C16H18N2O2S/c1-11-6-7-15(21(17,19)20)10-16(11)18-14-8-12-4-2-3-5-13(12)9-14/h2-7,10,14,18H,8-9H2,1H3,(H2,17,19,20). The summed E-state index contributed by atoms with van der Waals surface area (Å²) in [4.78, 5) is 0.145. The Bertz CT molecular complexity index is 760. The molecule has 0 heterocycles. The van der Waals surface area contributed by atoms with E-state index in [1.807, 2.05) is 19.1 Å². The van der Waals surface area contributed by atoms with E-state index in [9.17, 15) is 8.42 Å². The third-order valence-corrected chi connectivity index (χ3v) is 4.86. The molecule has 0 saturated heterocycles. The highest BCUT2D eigenvalue weighted by atomic mass is 32.2. The van der Waals surface area contributed by atoms with Crippen molar-refractivity contribution in [3.8, 4) is 0 Å². The molecule has 21 heavy (non-hydrogen) atoms. The van der Waals surface area contributed by atoms with E-state index in [1.165, 1.54) is 11.1 Å². The van der Waals surface area contributed by atoms with Crippen molar-refractivity contribution in [3.05, 3.63) is 59.2 Å². The highest BCUT2D eigenvalue weighted by Crippen LogP contribution is 2.26. The van der Waals surface area contributed by atoms with Crippen LogP contribution in [-0.2, 0) is 22.9 Å². The molecule has 1 aliphatic carbocycles. The first kappa shape index (κ1) is 14.1. The van der Waals surface area contributed by atoms with Gasteiger partial charge in [0.1, 0.15) is 0 Å². The van der Waals surface area contributed by atoms with Gasteiger partial charge >= 0.3 is 0 Å². The monoisotopic (exact) mass is 302 g/mol. The van der Waals surface area contributed by atoms with Gasteiger partial charge in [0.25, 0.3) is 0 Å².